The van der Waals surface area contributed by atoms with Gasteiger partial charge in [0.05, 0.1) is 13.2 Å². The Bertz CT molecular complexity index is 620. The molecule has 0 atom stereocenters. The summed E-state index contributed by atoms with van der Waals surface area (Å²) in [6.07, 6.45) is 2.22. The molecule has 2 heterocycles. The van der Waals surface area contributed by atoms with Gasteiger partial charge in [-0.25, -0.2) is 0 Å². The molecule has 0 saturated heterocycles. The first-order valence-corrected chi connectivity index (χ1v) is 7.14. The fourth-order valence-corrected chi connectivity index (χ4v) is 2.59. The van der Waals surface area contributed by atoms with E-state index in [4.69, 9.17) is 5.11 Å². The zero-order valence-corrected chi connectivity index (χ0v) is 12.0. The van der Waals surface area contributed by atoms with Crippen LogP contribution >= 0.6 is 11.3 Å². The summed E-state index contributed by atoms with van der Waals surface area (Å²) >= 11 is 1.58. The zero-order chi connectivity index (χ0) is 14.4. The van der Waals surface area contributed by atoms with E-state index in [0.29, 0.717) is 18.7 Å². The average molecular weight is 288 g/mol. The van der Waals surface area contributed by atoms with Gasteiger partial charge in [0, 0.05) is 35.5 Å². The molecule has 0 saturated carbocycles. The van der Waals surface area contributed by atoms with Gasteiger partial charge in [-0.1, -0.05) is 11.8 Å². The number of aliphatic hydroxyl groups is 1. The van der Waals surface area contributed by atoms with E-state index in [9.17, 15) is 4.79 Å². The van der Waals surface area contributed by atoms with E-state index in [1.54, 1.807) is 41.6 Å². The molecule has 1 amide bonds. The van der Waals surface area contributed by atoms with Crippen LogP contribution in [0.15, 0.2) is 29.8 Å². The second-order valence-electron chi connectivity index (χ2n) is 4.32. The van der Waals surface area contributed by atoms with Gasteiger partial charge in [-0.3, -0.25) is 4.79 Å². The van der Waals surface area contributed by atoms with Crippen LogP contribution in [0.25, 0.3) is 0 Å². The highest BCUT2D eigenvalue weighted by atomic mass is 32.1. The monoisotopic (exact) mass is 288 g/mol. The number of hydrogen-bond acceptors (Lipinski definition) is 3. The van der Waals surface area contributed by atoms with Gasteiger partial charge in [-0.2, -0.15) is 0 Å². The molecule has 5 heteroatoms. The topological polar surface area (TPSA) is 56.3 Å². The van der Waals surface area contributed by atoms with Crippen molar-refractivity contribution in [3.8, 4) is 11.8 Å². The number of nitrogens with one attached hydrogen (secondary N) is 1. The second kappa shape index (κ2) is 6.94. The van der Waals surface area contributed by atoms with E-state index >= 15 is 0 Å². The van der Waals surface area contributed by atoms with Crippen LogP contribution in [0.1, 0.15) is 27.3 Å². The van der Waals surface area contributed by atoms with Crippen molar-refractivity contribution in [2.75, 3.05) is 13.7 Å². The summed E-state index contributed by atoms with van der Waals surface area (Å²) in [4.78, 5) is 17.7. The van der Waals surface area contributed by atoms with Gasteiger partial charge in [0.15, 0.2) is 0 Å². The molecule has 2 aromatic heterocycles. The molecular formula is C15H16N2O2S. The number of carbonyl (C=O) groups excluding carboxylic acids is 1. The molecule has 0 unspecified atom stereocenters. The Morgan fingerprint density at radius 1 is 1.55 bits per heavy atom. The fourth-order valence-electron chi connectivity index (χ4n) is 1.72. The highest BCUT2D eigenvalue weighted by molar-refractivity contribution is 7.10. The molecular weight excluding hydrogens is 272 g/mol. The van der Waals surface area contributed by atoms with Crippen molar-refractivity contribution in [1.82, 2.24) is 9.88 Å². The number of hydrogen-bond donors (Lipinski definition) is 2. The maximum Gasteiger partial charge on any atom is 0.270 e. The van der Waals surface area contributed by atoms with Gasteiger partial charge in [0.25, 0.3) is 5.91 Å². The van der Waals surface area contributed by atoms with Crippen LogP contribution in [0.5, 0.6) is 0 Å². The SMILES string of the molecule is CN(Cc1cc(C#CCCO)cs1)C(=O)c1ccc[nH]1. The van der Waals surface area contributed by atoms with E-state index < -0.39 is 0 Å². The third kappa shape index (κ3) is 3.73. The number of aromatic amines is 1. The first-order valence-electron chi connectivity index (χ1n) is 6.26. The molecule has 0 bridgehead atoms. The number of carbonyl (C=O) groups is 1. The number of H-pyrrole nitrogens is 1. The summed E-state index contributed by atoms with van der Waals surface area (Å²) in [7, 11) is 1.78. The van der Waals surface area contributed by atoms with Gasteiger partial charge >= 0.3 is 0 Å². The highest BCUT2D eigenvalue weighted by Crippen LogP contribution is 2.16. The third-order valence-corrected chi connectivity index (χ3v) is 3.61. The molecule has 0 aliphatic rings. The van der Waals surface area contributed by atoms with Gasteiger partial charge in [0.1, 0.15) is 5.69 Å². The van der Waals surface area contributed by atoms with Crippen molar-refractivity contribution < 1.29 is 9.90 Å². The quantitative estimate of drug-likeness (QED) is 0.846. The van der Waals surface area contributed by atoms with E-state index in [-0.39, 0.29) is 12.5 Å². The third-order valence-electron chi connectivity index (χ3n) is 2.69. The molecule has 104 valence electrons. The predicted octanol–water partition coefficient (Wildman–Crippen LogP) is 2.08. The Balaban J connectivity index is 1.97. The lowest BCUT2D eigenvalue weighted by atomic mass is 10.3. The van der Waals surface area contributed by atoms with E-state index in [1.807, 2.05) is 11.4 Å². The molecule has 0 aliphatic carbocycles. The minimum atomic E-state index is -0.0312. The maximum atomic E-state index is 12.1. The Kier molecular flexibility index (Phi) is 4.99. The summed E-state index contributed by atoms with van der Waals surface area (Å²) in [6, 6.07) is 5.55. The van der Waals surface area contributed by atoms with Crippen molar-refractivity contribution in [3.63, 3.8) is 0 Å². The molecule has 0 aromatic carbocycles. The number of thiophene rings is 1. The van der Waals surface area contributed by atoms with Gasteiger partial charge in [-0.15, -0.1) is 11.3 Å². The standard InChI is InChI=1S/C15H16N2O2S/c1-17(15(19)14-6-4-7-16-14)10-13-9-12(11-20-13)5-2-3-8-18/h4,6-7,9,11,16,18H,3,8,10H2,1H3. The van der Waals surface area contributed by atoms with E-state index in [0.717, 1.165) is 10.4 Å². The Labute approximate surface area is 122 Å². The summed E-state index contributed by atoms with van der Waals surface area (Å²) in [6.45, 7) is 0.640. The molecule has 20 heavy (non-hydrogen) atoms. The van der Waals surface area contributed by atoms with Gasteiger partial charge < -0.3 is 15.0 Å². The molecule has 0 spiro atoms. The smallest absolute Gasteiger partial charge is 0.270 e. The lowest BCUT2D eigenvalue weighted by molar-refractivity contribution is 0.0781. The normalized spacial score (nSPS) is 9.90. The predicted molar refractivity (Wildman–Crippen MR) is 79.5 cm³/mol. The van der Waals surface area contributed by atoms with Gasteiger partial charge in [0.2, 0.25) is 0 Å². The molecule has 0 radical (unpaired) electrons. The first kappa shape index (κ1) is 14.4. The Morgan fingerprint density at radius 2 is 2.40 bits per heavy atom. The molecule has 0 aliphatic heterocycles. The Morgan fingerprint density at radius 3 is 3.10 bits per heavy atom. The van der Waals surface area contributed by atoms with Crippen LogP contribution in [0, 0.1) is 11.8 Å². The lowest BCUT2D eigenvalue weighted by Gasteiger charge is -2.14. The highest BCUT2D eigenvalue weighted by Gasteiger charge is 2.13. The van der Waals surface area contributed by atoms with Crippen molar-refractivity contribution in [2.24, 2.45) is 0 Å². The van der Waals surface area contributed by atoms with E-state index in [2.05, 4.69) is 16.8 Å². The van der Waals surface area contributed by atoms with Gasteiger partial charge in [-0.05, 0) is 18.2 Å². The number of aliphatic hydroxyl groups excluding tert-OH is 1. The van der Waals surface area contributed by atoms with Crippen molar-refractivity contribution in [1.29, 1.82) is 0 Å². The second-order valence-corrected chi connectivity index (χ2v) is 5.32. The van der Waals surface area contributed by atoms with Crippen molar-refractivity contribution in [3.05, 3.63) is 45.9 Å². The van der Waals surface area contributed by atoms with Crippen LogP contribution in [0.4, 0.5) is 0 Å². The van der Waals surface area contributed by atoms with Crippen molar-refractivity contribution >= 4 is 17.2 Å². The Hall–Kier alpha value is -2.03. The lowest BCUT2D eigenvalue weighted by Crippen LogP contribution is -2.26. The summed E-state index contributed by atoms with van der Waals surface area (Å²) in [5, 5.41) is 10.6. The molecule has 2 rings (SSSR count). The minimum absolute atomic E-state index is 0.0312. The largest absolute Gasteiger partial charge is 0.395 e. The molecule has 4 nitrogen and oxygen atoms in total. The molecule has 0 fully saturated rings. The minimum Gasteiger partial charge on any atom is -0.395 e. The van der Waals surface area contributed by atoms with Crippen LogP contribution in [0.2, 0.25) is 0 Å². The van der Waals surface area contributed by atoms with Crippen LogP contribution < -0.4 is 0 Å². The number of aromatic nitrogens is 1. The summed E-state index contributed by atoms with van der Waals surface area (Å²) in [5.74, 6) is 5.84. The number of amides is 1. The van der Waals surface area contributed by atoms with Crippen LogP contribution in [0.3, 0.4) is 0 Å². The fraction of sp³-hybridized carbons (Fsp3) is 0.267. The summed E-state index contributed by atoms with van der Waals surface area (Å²) in [5.41, 5.74) is 1.52. The molecule has 2 N–H and O–H groups in total. The first-order chi connectivity index (χ1) is 9.70. The maximum absolute atomic E-state index is 12.1. The zero-order valence-electron chi connectivity index (χ0n) is 11.2. The number of rotatable bonds is 4. The van der Waals surface area contributed by atoms with Crippen LogP contribution in [-0.2, 0) is 6.54 Å². The van der Waals surface area contributed by atoms with Crippen molar-refractivity contribution in [2.45, 2.75) is 13.0 Å². The molecule has 2 aromatic rings. The number of nitrogens with zero attached hydrogens (tertiary/aromatic N) is 1. The van der Waals surface area contributed by atoms with E-state index in [1.165, 1.54) is 0 Å². The summed E-state index contributed by atoms with van der Waals surface area (Å²) < 4.78 is 0. The average Bonchev–Trinajstić information content (AvgIpc) is 3.09. The van der Waals surface area contributed by atoms with Crippen LogP contribution in [-0.4, -0.2) is 34.6 Å².